The molecule has 0 saturated carbocycles. The number of nitrogens with one attached hydrogen (secondary N) is 1. The van der Waals surface area contributed by atoms with E-state index in [-0.39, 0.29) is 12.5 Å². The normalized spacial score (nSPS) is 13.9. The van der Waals surface area contributed by atoms with E-state index in [4.69, 9.17) is 9.47 Å². The number of ether oxygens (including phenoxy) is 2. The van der Waals surface area contributed by atoms with E-state index in [0.29, 0.717) is 17.2 Å². The van der Waals surface area contributed by atoms with Crippen molar-refractivity contribution in [2.24, 2.45) is 0 Å². The number of benzene rings is 2. The van der Waals surface area contributed by atoms with E-state index >= 15 is 0 Å². The molecule has 1 aliphatic rings. The molecule has 1 amide bonds. The summed E-state index contributed by atoms with van der Waals surface area (Å²) >= 11 is 1.35. The first-order valence-electron chi connectivity index (χ1n) is 12.2. The molecule has 190 valence electrons. The van der Waals surface area contributed by atoms with Gasteiger partial charge in [-0.25, -0.2) is 4.79 Å². The molecular formula is C28H33N3O4S. The number of rotatable bonds is 8. The van der Waals surface area contributed by atoms with Gasteiger partial charge in [-0.3, -0.25) is 9.69 Å². The van der Waals surface area contributed by atoms with Gasteiger partial charge in [0.15, 0.2) is 0 Å². The molecule has 1 saturated heterocycles. The van der Waals surface area contributed by atoms with Crippen molar-refractivity contribution in [1.82, 2.24) is 4.90 Å². The largest absolute Gasteiger partial charge is 0.492 e. The summed E-state index contributed by atoms with van der Waals surface area (Å²) in [4.78, 5) is 30.1. The third-order valence-corrected chi connectivity index (χ3v) is 7.26. The Hall–Kier alpha value is -3.36. The maximum Gasteiger partial charge on any atom is 0.341 e. The molecule has 4 rings (SSSR count). The number of amides is 1. The van der Waals surface area contributed by atoms with Crippen LogP contribution in [-0.2, 0) is 9.53 Å². The van der Waals surface area contributed by atoms with E-state index in [2.05, 4.69) is 27.2 Å². The number of carbonyl (C=O) groups excluding carboxylic acids is 2. The molecule has 0 atom stereocenters. The van der Waals surface area contributed by atoms with Gasteiger partial charge in [-0.1, -0.05) is 35.9 Å². The monoisotopic (exact) mass is 507 g/mol. The van der Waals surface area contributed by atoms with Gasteiger partial charge >= 0.3 is 5.97 Å². The van der Waals surface area contributed by atoms with Gasteiger partial charge in [0.1, 0.15) is 16.3 Å². The predicted molar refractivity (Wildman–Crippen MR) is 145 cm³/mol. The van der Waals surface area contributed by atoms with Crippen LogP contribution in [0.3, 0.4) is 0 Å². The molecule has 1 fully saturated rings. The highest BCUT2D eigenvalue weighted by atomic mass is 32.1. The fourth-order valence-electron chi connectivity index (χ4n) is 4.49. The van der Waals surface area contributed by atoms with Crippen LogP contribution in [0.4, 0.5) is 10.7 Å². The number of thiophene rings is 1. The predicted octanol–water partition coefficient (Wildman–Crippen LogP) is 4.98. The second-order valence-corrected chi connectivity index (χ2v) is 9.76. The van der Waals surface area contributed by atoms with Gasteiger partial charge in [-0.05, 0) is 44.0 Å². The lowest BCUT2D eigenvalue weighted by Gasteiger charge is -2.36. The Labute approximate surface area is 216 Å². The SMILES string of the molecule is CCOc1ccccc1N1CCN(CC(=O)Nc2scc(-c3cc(C)ccc3C)c2C(=O)OC)CC1. The van der Waals surface area contributed by atoms with Crippen molar-refractivity contribution in [3.8, 4) is 16.9 Å². The maximum absolute atomic E-state index is 13.0. The number of hydrogen-bond acceptors (Lipinski definition) is 7. The highest BCUT2D eigenvalue weighted by Crippen LogP contribution is 2.38. The van der Waals surface area contributed by atoms with Crippen LogP contribution < -0.4 is 15.0 Å². The molecular weight excluding hydrogens is 474 g/mol. The van der Waals surface area contributed by atoms with Crippen LogP contribution in [0.15, 0.2) is 47.8 Å². The number of nitrogens with zero attached hydrogens (tertiary/aromatic N) is 2. The first-order valence-corrected chi connectivity index (χ1v) is 13.1. The molecule has 1 aromatic heterocycles. The van der Waals surface area contributed by atoms with Crippen molar-refractivity contribution in [3.63, 3.8) is 0 Å². The van der Waals surface area contributed by atoms with E-state index < -0.39 is 5.97 Å². The van der Waals surface area contributed by atoms with Crippen molar-refractivity contribution in [2.75, 3.05) is 56.7 Å². The quantitative estimate of drug-likeness (QED) is 0.434. The zero-order chi connectivity index (χ0) is 25.7. The van der Waals surface area contributed by atoms with Crippen molar-refractivity contribution in [2.45, 2.75) is 20.8 Å². The lowest BCUT2D eigenvalue weighted by molar-refractivity contribution is -0.117. The number of piperazine rings is 1. The fraction of sp³-hybridized carbons (Fsp3) is 0.357. The summed E-state index contributed by atoms with van der Waals surface area (Å²) in [5, 5.41) is 5.40. The number of aryl methyl sites for hydroxylation is 2. The second kappa shape index (κ2) is 11.6. The van der Waals surface area contributed by atoms with E-state index in [1.165, 1.54) is 18.4 Å². The van der Waals surface area contributed by atoms with Crippen LogP contribution >= 0.6 is 11.3 Å². The maximum atomic E-state index is 13.0. The summed E-state index contributed by atoms with van der Waals surface area (Å²) in [6, 6.07) is 14.2. The summed E-state index contributed by atoms with van der Waals surface area (Å²) in [7, 11) is 1.36. The Morgan fingerprint density at radius 1 is 1.03 bits per heavy atom. The van der Waals surface area contributed by atoms with Crippen LogP contribution in [-0.4, -0.2) is 63.2 Å². The van der Waals surface area contributed by atoms with Gasteiger partial charge in [0.25, 0.3) is 0 Å². The van der Waals surface area contributed by atoms with Crippen LogP contribution in [0, 0.1) is 13.8 Å². The van der Waals surface area contributed by atoms with Crippen molar-refractivity contribution < 1.29 is 19.1 Å². The Morgan fingerprint density at radius 3 is 2.50 bits per heavy atom. The highest BCUT2D eigenvalue weighted by molar-refractivity contribution is 7.15. The highest BCUT2D eigenvalue weighted by Gasteiger charge is 2.25. The third kappa shape index (κ3) is 5.71. The summed E-state index contributed by atoms with van der Waals surface area (Å²) < 4.78 is 10.8. The minimum Gasteiger partial charge on any atom is -0.492 e. The van der Waals surface area contributed by atoms with Gasteiger partial charge in [0.2, 0.25) is 5.91 Å². The van der Waals surface area contributed by atoms with E-state index in [0.717, 1.165) is 59.9 Å². The first kappa shape index (κ1) is 25.7. The lowest BCUT2D eigenvalue weighted by atomic mass is 9.97. The van der Waals surface area contributed by atoms with Crippen LogP contribution in [0.1, 0.15) is 28.4 Å². The number of hydrogen-bond donors (Lipinski definition) is 1. The van der Waals surface area contributed by atoms with Crippen LogP contribution in [0.2, 0.25) is 0 Å². The summed E-state index contributed by atoms with van der Waals surface area (Å²) in [5.74, 6) is 0.292. The molecule has 2 aromatic carbocycles. The van der Waals surface area contributed by atoms with Gasteiger partial charge in [0, 0.05) is 37.1 Å². The molecule has 36 heavy (non-hydrogen) atoms. The minimum atomic E-state index is -0.455. The van der Waals surface area contributed by atoms with E-state index in [9.17, 15) is 9.59 Å². The molecule has 0 aliphatic carbocycles. The summed E-state index contributed by atoms with van der Waals surface area (Å²) in [6.07, 6.45) is 0. The third-order valence-electron chi connectivity index (χ3n) is 6.36. The number of carbonyl (C=O) groups is 2. The molecule has 2 heterocycles. The lowest BCUT2D eigenvalue weighted by Crippen LogP contribution is -2.48. The Balaban J connectivity index is 1.43. The molecule has 3 aromatic rings. The number of anilines is 2. The Kier molecular flexibility index (Phi) is 8.28. The Bertz CT molecular complexity index is 1230. The summed E-state index contributed by atoms with van der Waals surface area (Å²) in [5.41, 5.74) is 5.41. The van der Waals surface area contributed by atoms with Gasteiger partial charge in [0.05, 0.1) is 25.9 Å². The average molecular weight is 508 g/mol. The van der Waals surface area contributed by atoms with Crippen LogP contribution in [0.25, 0.3) is 11.1 Å². The molecule has 0 radical (unpaired) electrons. The van der Waals surface area contributed by atoms with Gasteiger partial charge in [-0.2, -0.15) is 0 Å². The zero-order valence-electron chi connectivity index (χ0n) is 21.3. The van der Waals surface area contributed by atoms with Crippen molar-refractivity contribution >= 4 is 33.9 Å². The second-order valence-electron chi connectivity index (χ2n) is 8.88. The number of methoxy groups -OCH3 is 1. The first-order chi connectivity index (χ1) is 17.4. The smallest absolute Gasteiger partial charge is 0.341 e. The average Bonchev–Trinajstić information content (AvgIpc) is 3.29. The number of para-hydroxylation sites is 2. The standard InChI is InChI=1S/C28H33N3O4S/c1-5-35-24-9-7-6-8-23(24)31-14-12-30(13-15-31)17-25(32)29-27-26(28(33)34-4)22(18-36-27)21-16-19(2)10-11-20(21)3/h6-11,16,18H,5,12-15,17H2,1-4H3,(H,29,32). The Morgan fingerprint density at radius 2 is 1.78 bits per heavy atom. The van der Waals surface area contributed by atoms with Gasteiger partial charge in [-0.15, -0.1) is 11.3 Å². The molecule has 1 aliphatic heterocycles. The minimum absolute atomic E-state index is 0.141. The van der Waals surface area contributed by atoms with E-state index in [1.54, 1.807) is 0 Å². The molecule has 0 bridgehead atoms. The van der Waals surface area contributed by atoms with E-state index in [1.807, 2.05) is 56.5 Å². The molecule has 1 N–H and O–H groups in total. The number of esters is 1. The molecule has 8 heteroatoms. The molecule has 0 unspecified atom stereocenters. The van der Waals surface area contributed by atoms with Crippen LogP contribution in [0.5, 0.6) is 5.75 Å². The summed E-state index contributed by atoms with van der Waals surface area (Å²) in [6.45, 7) is 10.0. The van der Waals surface area contributed by atoms with Gasteiger partial charge < -0.3 is 19.7 Å². The van der Waals surface area contributed by atoms with Crippen molar-refractivity contribution in [3.05, 3.63) is 64.5 Å². The zero-order valence-corrected chi connectivity index (χ0v) is 22.1. The fourth-order valence-corrected chi connectivity index (χ4v) is 5.46. The molecule has 7 nitrogen and oxygen atoms in total. The molecule has 0 spiro atoms. The van der Waals surface area contributed by atoms with Crippen molar-refractivity contribution in [1.29, 1.82) is 0 Å². The topological polar surface area (TPSA) is 71.1 Å².